The van der Waals surface area contributed by atoms with Crippen molar-refractivity contribution in [2.75, 3.05) is 36.5 Å². The first-order chi connectivity index (χ1) is 27.0. The highest BCUT2D eigenvalue weighted by Gasteiger charge is 2.57. The third-order valence-electron chi connectivity index (χ3n) is 11.9. The van der Waals surface area contributed by atoms with Crippen molar-refractivity contribution in [3.63, 3.8) is 0 Å². The second-order valence-electron chi connectivity index (χ2n) is 16.9. The van der Waals surface area contributed by atoms with Gasteiger partial charge in [0, 0.05) is 35.2 Å². The Morgan fingerprint density at radius 1 is 1.16 bits per heavy atom. The van der Waals surface area contributed by atoms with Crippen molar-refractivity contribution in [3.05, 3.63) is 41.7 Å². The average molecular weight is 786 g/mol. The Bertz CT molecular complexity index is 2400. The zero-order valence-electron chi connectivity index (χ0n) is 31.9. The van der Waals surface area contributed by atoms with E-state index in [9.17, 15) is 23.5 Å². The van der Waals surface area contributed by atoms with E-state index in [2.05, 4.69) is 16.2 Å². The quantitative estimate of drug-likeness (QED) is 0.201. The van der Waals surface area contributed by atoms with E-state index >= 15 is 4.39 Å². The number of amides is 2. The topological polar surface area (TPSA) is 142 Å². The molecule has 16 heteroatoms. The number of nitrogens with one attached hydrogen (secondary N) is 1. The molecule has 4 fully saturated rings. The smallest absolute Gasteiger partial charge is 0.412 e. The average Bonchev–Trinajstić information content (AvgIpc) is 3.72. The monoisotopic (exact) mass is 785 g/mol. The van der Waals surface area contributed by atoms with Gasteiger partial charge in [0.05, 0.1) is 30.2 Å². The van der Waals surface area contributed by atoms with E-state index < -0.39 is 53.3 Å². The second kappa shape index (κ2) is 13.0. The number of alkyl halides is 2. The Morgan fingerprint density at radius 2 is 1.96 bits per heavy atom. The predicted octanol–water partition coefficient (Wildman–Crippen LogP) is 7.05. The summed E-state index contributed by atoms with van der Waals surface area (Å²) in [6.07, 6.45) is 5.62. The molecule has 0 spiro atoms. The van der Waals surface area contributed by atoms with Crippen LogP contribution in [0.5, 0.6) is 11.9 Å². The summed E-state index contributed by atoms with van der Waals surface area (Å²) in [7, 11) is 0. The SMILES string of the molecule is C#Cc1cccc2cc(NC(=O)OC(C)(C)C)cc(-c3nc4c5c(nc(OCC67CCCN6CC(F)(F)C7)nc5c3F)N3CC5CCC(C3C(C)O4)N5C(=O)O)c12. The summed E-state index contributed by atoms with van der Waals surface area (Å²) in [4.78, 5) is 44.9. The maximum Gasteiger partial charge on any atom is 0.412 e. The lowest BCUT2D eigenvalue weighted by molar-refractivity contribution is 0.00801. The predicted molar refractivity (Wildman–Crippen MR) is 205 cm³/mol. The van der Waals surface area contributed by atoms with Crippen molar-refractivity contribution in [2.24, 2.45) is 0 Å². The fourth-order valence-electron chi connectivity index (χ4n) is 9.86. The highest BCUT2D eigenvalue weighted by molar-refractivity contribution is 6.06. The lowest BCUT2D eigenvalue weighted by Crippen LogP contribution is -2.64. The number of halogens is 3. The summed E-state index contributed by atoms with van der Waals surface area (Å²) in [5.41, 5.74) is -1.15. The van der Waals surface area contributed by atoms with Gasteiger partial charge in [-0.15, -0.1) is 6.42 Å². The molecule has 13 nitrogen and oxygen atoms in total. The van der Waals surface area contributed by atoms with Gasteiger partial charge in [-0.25, -0.2) is 27.7 Å². The molecule has 5 unspecified atom stereocenters. The number of terminal acetylenes is 1. The summed E-state index contributed by atoms with van der Waals surface area (Å²) in [6.45, 7) is 7.27. The number of anilines is 2. The molecule has 2 bridgehead atoms. The number of piperazine rings is 1. The van der Waals surface area contributed by atoms with Crippen LogP contribution in [-0.2, 0) is 4.74 Å². The van der Waals surface area contributed by atoms with Crippen LogP contribution in [0, 0.1) is 18.2 Å². The molecule has 0 radical (unpaired) electrons. The fraction of sp³-hybridized carbons (Fsp3) is 0.488. The van der Waals surface area contributed by atoms with Gasteiger partial charge in [-0.3, -0.25) is 15.1 Å². The van der Waals surface area contributed by atoms with Gasteiger partial charge >= 0.3 is 18.2 Å². The van der Waals surface area contributed by atoms with E-state index in [1.165, 1.54) is 4.90 Å². The van der Waals surface area contributed by atoms with Crippen LogP contribution in [0.15, 0.2) is 30.3 Å². The largest absolute Gasteiger partial charge is 0.472 e. The van der Waals surface area contributed by atoms with Crippen molar-refractivity contribution in [1.29, 1.82) is 0 Å². The molecule has 4 aromatic rings. The molecule has 0 aliphatic carbocycles. The maximum absolute atomic E-state index is 17.6. The number of pyridine rings is 1. The summed E-state index contributed by atoms with van der Waals surface area (Å²) in [5, 5.41) is 14.2. The van der Waals surface area contributed by atoms with Crippen LogP contribution in [0.2, 0.25) is 0 Å². The molecule has 2 aromatic heterocycles. The Hall–Kier alpha value is -5.56. The van der Waals surface area contributed by atoms with E-state index in [0.29, 0.717) is 42.1 Å². The molecule has 5 aliphatic rings. The molecule has 0 saturated carbocycles. The van der Waals surface area contributed by atoms with Crippen LogP contribution >= 0.6 is 0 Å². The van der Waals surface area contributed by atoms with Gasteiger partial charge in [0.15, 0.2) is 5.82 Å². The molecule has 7 heterocycles. The molecule has 5 aliphatic heterocycles. The van der Waals surface area contributed by atoms with E-state index in [4.69, 9.17) is 30.6 Å². The summed E-state index contributed by atoms with van der Waals surface area (Å²) >= 11 is 0. The normalized spacial score (nSPS) is 26.1. The molecule has 298 valence electrons. The zero-order chi connectivity index (χ0) is 40.2. The minimum absolute atomic E-state index is 0.00967. The molecule has 2 amide bonds. The first-order valence-electron chi connectivity index (χ1n) is 19.2. The molecule has 9 rings (SSSR count). The highest BCUT2D eigenvalue weighted by Crippen LogP contribution is 2.49. The Labute approximate surface area is 326 Å². The number of rotatable bonds is 5. The van der Waals surface area contributed by atoms with Crippen LogP contribution < -0.4 is 19.7 Å². The van der Waals surface area contributed by atoms with Gasteiger partial charge in [-0.2, -0.15) is 9.97 Å². The minimum atomic E-state index is -2.88. The van der Waals surface area contributed by atoms with Gasteiger partial charge in [-0.05, 0) is 83.5 Å². The highest BCUT2D eigenvalue weighted by atomic mass is 19.3. The summed E-state index contributed by atoms with van der Waals surface area (Å²) in [5.74, 6) is -0.798. The number of carboxylic acid groups (broad SMARTS) is 1. The van der Waals surface area contributed by atoms with Crippen LogP contribution in [0.25, 0.3) is 32.9 Å². The first-order valence-corrected chi connectivity index (χ1v) is 19.2. The lowest BCUT2D eigenvalue weighted by Gasteiger charge is -2.47. The van der Waals surface area contributed by atoms with Crippen molar-refractivity contribution in [1.82, 2.24) is 24.8 Å². The van der Waals surface area contributed by atoms with E-state index in [-0.39, 0.29) is 77.7 Å². The van der Waals surface area contributed by atoms with Crippen LogP contribution in [0.4, 0.5) is 34.3 Å². The Morgan fingerprint density at radius 3 is 2.72 bits per heavy atom. The summed E-state index contributed by atoms with van der Waals surface area (Å²) in [6, 6.07) is 6.91. The Balaban J connectivity index is 1.23. The number of ether oxygens (including phenoxy) is 3. The van der Waals surface area contributed by atoms with Gasteiger partial charge in [0.2, 0.25) is 5.88 Å². The van der Waals surface area contributed by atoms with Gasteiger partial charge in [0.1, 0.15) is 40.7 Å². The number of carbonyl (C=O) groups excluding carboxylic acids is 1. The van der Waals surface area contributed by atoms with Crippen molar-refractivity contribution >= 4 is 45.4 Å². The van der Waals surface area contributed by atoms with E-state index in [0.717, 1.165) is 6.42 Å². The number of fused-ring (bicyclic) bond motifs is 7. The summed E-state index contributed by atoms with van der Waals surface area (Å²) < 4.78 is 65.5. The molecule has 57 heavy (non-hydrogen) atoms. The third-order valence-corrected chi connectivity index (χ3v) is 11.9. The number of hydrogen-bond acceptors (Lipinski definition) is 10. The minimum Gasteiger partial charge on any atom is -0.472 e. The zero-order valence-corrected chi connectivity index (χ0v) is 31.9. The van der Waals surface area contributed by atoms with Crippen molar-refractivity contribution < 1.29 is 42.1 Å². The van der Waals surface area contributed by atoms with Crippen molar-refractivity contribution in [3.8, 4) is 35.5 Å². The molecule has 2 N–H and O–H groups in total. The lowest BCUT2D eigenvalue weighted by atomic mass is 9.94. The standard InChI is InChI=1S/C41H42F3N7O6/c1-6-22-9-7-10-23-15-24(45-37(52)57-39(3,4)5)16-26(28(22)23)31-30(42)32-29-34(48-36(47-32)55-20-40-13-8-14-49(40)19-41(43,44)18-40)50-17-25-11-12-27(51(25)38(53)54)33(50)21(2)56-35(29)46-31/h1,7,9-10,15-16,21,25,27,33H,8,11-14,17-20H2,2-5H3,(H,45,52)(H,53,54). The van der Waals surface area contributed by atoms with Crippen LogP contribution in [0.3, 0.4) is 0 Å². The molecule has 2 aromatic carbocycles. The Kier molecular flexibility index (Phi) is 8.44. The third kappa shape index (κ3) is 6.18. The van der Waals surface area contributed by atoms with Crippen LogP contribution in [-0.4, -0.2) is 110 Å². The maximum atomic E-state index is 17.6. The second-order valence-corrected chi connectivity index (χ2v) is 16.9. The molecular weight excluding hydrogens is 743 g/mol. The fourth-order valence-corrected chi connectivity index (χ4v) is 9.86. The van der Waals surface area contributed by atoms with Gasteiger partial charge < -0.3 is 24.2 Å². The van der Waals surface area contributed by atoms with Crippen LogP contribution in [0.1, 0.15) is 65.4 Å². The number of hydrogen-bond donors (Lipinski definition) is 2. The molecule has 4 saturated heterocycles. The molecule has 5 atom stereocenters. The number of nitrogens with zero attached hydrogens (tertiary/aromatic N) is 6. The van der Waals surface area contributed by atoms with E-state index in [1.54, 1.807) is 56.0 Å². The molecular formula is C41H42F3N7O6. The van der Waals surface area contributed by atoms with Gasteiger partial charge in [0.25, 0.3) is 5.92 Å². The number of carbonyl (C=O) groups is 2. The number of benzene rings is 2. The first kappa shape index (κ1) is 37.0. The van der Waals surface area contributed by atoms with Gasteiger partial charge in [-0.1, -0.05) is 18.1 Å². The van der Waals surface area contributed by atoms with Crippen molar-refractivity contribution in [2.45, 2.75) is 101 Å². The van der Waals surface area contributed by atoms with E-state index in [1.807, 2.05) is 11.8 Å². The number of aromatic nitrogens is 3.